The lowest BCUT2D eigenvalue weighted by Gasteiger charge is -2.29. The van der Waals surface area contributed by atoms with Crippen LogP contribution in [-0.2, 0) is 11.3 Å². The standard InChI is InChI=1S/C17H25ClN2O3/c1-11-5-3-4-6-14(11)20-9-12-7-13(18)17(15(8-12)22-2)23-10-16(19)21/h7-8,11,14,20H,3-6,9-10H2,1-2H3,(H2,19,21)/t11-,14-/m1/s1. The number of benzene rings is 1. The third-order valence-electron chi connectivity index (χ3n) is 4.33. The van der Waals surface area contributed by atoms with E-state index in [1.54, 1.807) is 7.11 Å². The maximum Gasteiger partial charge on any atom is 0.255 e. The molecule has 0 aliphatic heterocycles. The van der Waals surface area contributed by atoms with Crippen molar-refractivity contribution in [2.75, 3.05) is 13.7 Å². The Morgan fingerprint density at radius 2 is 2.13 bits per heavy atom. The second-order valence-electron chi connectivity index (χ2n) is 6.11. The van der Waals surface area contributed by atoms with E-state index in [1.807, 2.05) is 12.1 Å². The first-order chi connectivity index (χ1) is 11.0. The van der Waals surface area contributed by atoms with E-state index in [0.717, 1.165) is 12.1 Å². The molecule has 2 rings (SSSR count). The number of hydrogen-bond acceptors (Lipinski definition) is 4. The fraction of sp³-hybridized carbons (Fsp3) is 0.588. The van der Waals surface area contributed by atoms with Gasteiger partial charge in [-0.2, -0.15) is 0 Å². The molecule has 1 aromatic rings. The SMILES string of the molecule is COc1cc(CN[C@@H]2CCCC[C@H]2C)cc(Cl)c1OCC(N)=O. The van der Waals surface area contributed by atoms with Crippen molar-refractivity contribution in [2.24, 2.45) is 11.7 Å². The number of primary amides is 1. The number of nitrogens with one attached hydrogen (secondary N) is 1. The first kappa shape index (κ1) is 17.9. The number of methoxy groups -OCH3 is 1. The van der Waals surface area contributed by atoms with Crippen LogP contribution in [0.25, 0.3) is 0 Å². The van der Waals surface area contributed by atoms with Crippen LogP contribution in [0.3, 0.4) is 0 Å². The largest absolute Gasteiger partial charge is 0.493 e. The highest BCUT2D eigenvalue weighted by molar-refractivity contribution is 6.32. The summed E-state index contributed by atoms with van der Waals surface area (Å²) in [6.07, 6.45) is 5.10. The minimum Gasteiger partial charge on any atom is -0.493 e. The third-order valence-corrected chi connectivity index (χ3v) is 4.61. The van der Waals surface area contributed by atoms with Gasteiger partial charge < -0.3 is 20.5 Å². The Hall–Kier alpha value is -1.46. The Labute approximate surface area is 142 Å². The maximum atomic E-state index is 10.9. The molecular weight excluding hydrogens is 316 g/mol. The van der Waals surface area contributed by atoms with Crippen LogP contribution in [0.5, 0.6) is 11.5 Å². The van der Waals surface area contributed by atoms with Crippen molar-refractivity contribution in [3.8, 4) is 11.5 Å². The van der Waals surface area contributed by atoms with E-state index >= 15 is 0 Å². The van der Waals surface area contributed by atoms with E-state index in [2.05, 4.69) is 12.2 Å². The van der Waals surface area contributed by atoms with Gasteiger partial charge in [0.1, 0.15) is 0 Å². The van der Waals surface area contributed by atoms with Crippen LogP contribution in [-0.4, -0.2) is 25.7 Å². The van der Waals surface area contributed by atoms with Gasteiger partial charge in [0.05, 0.1) is 12.1 Å². The van der Waals surface area contributed by atoms with Gasteiger partial charge in [-0.15, -0.1) is 0 Å². The van der Waals surface area contributed by atoms with Crippen LogP contribution >= 0.6 is 11.6 Å². The van der Waals surface area contributed by atoms with Crippen LogP contribution in [0.15, 0.2) is 12.1 Å². The molecule has 1 fully saturated rings. The molecule has 0 radical (unpaired) electrons. The summed E-state index contributed by atoms with van der Waals surface area (Å²) in [4.78, 5) is 10.9. The smallest absolute Gasteiger partial charge is 0.255 e. The monoisotopic (exact) mass is 340 g/mol. The Bertz CT molecular complexity index is 551. The first-order valence-corrected chi connectivity index (χ1v) is 8.40. The second kappa shape index (κ2) is 8.41. The van der Waals surface area contributed by atoms with Crippen LogP contribution in [0.1, 0.15) is 38.2 Å². The number of rotatable bonds is 7. The number of ether oxygens (including phenoxy) is 2. The predicted octanol–water partition coefficient (Wildman–Crippen LogP) is 2.88. The summed E-state index contributed by atoms with van der Waals surface area (Å²) in [7, 11) is 1.54. The molecule has 3 N–H and O–H groups in total. The normalized spacial score (nSPS) is 21.0. The Kier molecular flexibility index (Phi) is 6.54. The molecule has 1 aliphatic carbocycles. The van der Waals surface area contributed by atoms with Gasteiger partial charge >= 0.3 is 0 Å². The first-order valence-electron chi connectivity index (χ1n) is 8.02. The highest BCUT2D eigenvalue weighted by atomic mass is 35.5. The van der Waals surface area contributed by atoms with E-state index < -0.39 is 5.91 Å². The average Bonchev–Trinajstić information content (AvgIpc) is 2.52. The number of carbonyl (C=O) groups excluding carboxylic acids is 1. The van der Waals surface area contributed by atoms with Crippen LogP contribution in [0, 0.1) is 5.92 Å². The molecule has 23 heavy (non-hydrogen) atoms. The molecule has 0 aromatic heterocycles. The van der Waals surface area contributed by atoms with Gasteiger partial charge in [0, 0.05) is 12.6 Å². The second-order valence-corrected chi connectivity index (χ2v) is 6.52. The zero-order valence-corrected chi connectivity index (χ0v) is 14.5. The fourth-order valence-corrected chi connectivity index (χ4v) is 3.31. The van der Waals surface area contributed by atoms with Crippen molar-refractivity contribution >= 4 is 17.5 Å². The summed E-state index contributed by atoms with van der Waals surface area (Å²) in [5.74, 6) is 0.995. The third kappa shape index (κ3) is 5.01. The van der Waals surface area contributed by atoms with Gasteiger partial charge in [0.15, 0.2) is 18.1 Å². The van der Waals surface area contributed by atoms with Gasteiger partial charge in [0.25, 0.3) is 5.91 Å². The van der Waals surface area contributed by atoms with Crippen molar-refractivity contribution in [1.29, 1.82) is 0 Å². The Morgan fingerprint density at radius 3 is 2.78 bits per heavy atom. The summed E-state index contributed by atoms with van der Waals surface area (Å²) in [5, 5.41) is 4.02. The zero-order chi connectivity index (χ0) is 16.8. The molecule has 1 aromatic carbocycles. The van der Waals surface area contributed by atoms with Crippen LogP contribution < -0.4 is 20.5 Å². The average molecular weight is 341 g/mol. The maximum absolute atomic E-state index is 10.9. The van der Waals surface area contributed by atoms with Crippen LogP contribution in [0.2, 0.25) is 5.02 Å². The number of nitrogens with two attached hydrogens (primary N) is 1. The molecule has 0 saturated heterocycles. The number of carbonyl (C=O) groups is 1. The highest BCUT2D eigenvalue weighted by Gasteiger charge is 2.21. The molecule has 6 heteroatoms. The van der Waals surface area contributed by atoms with E-state index in [0.29, 0.717) is 28.5 Å². The van der Waals surface area contributed by atoms with E-state index in [-0.39, 0.29) is 6.61 Å². The lowest BCUT2D eigenvalue weighted by Crippen LogP contribution is -2.36. The Balaban J connectivity index is 2.04. The van der Waals surface area contributed by atoms with Crippen LogP contribution in [0.4, 0.5) is 0 Å². The van der Waals surface area contributed by atoms with E-state index in [9.17, 15) is 4.79 Å². The summed E-state index contributed by atoms with van der Waals surface area (Å²) >= 11 is 6.26. The molecule has 0 heterocycles. The molecule has 1 saturated carbocycles. The summed E-state index contributed by atoms with van der Waals surface area (Å²) in [5.41, 5.74) is 6.12. The molecule has 0 bridgehead atoms. The lowest BCUT2D eigenvalue weighted by molar-refractivity contribution is -0.119. The molecule has 5 nitrogen and oxygen atoms in total. The highest BCUT2D eigenvalue weighted by Crippen LogP contribution is 2.36. The minimum absolute atomic E-state index is 0.229. The van der Waals surface area contributed by atoms with Crippen molar-refractivity contribution < 1.29 is 14.3 Å². The Morgan fingerprint density at radius 1 is 1.39 bits per heavy atom. The van der Waals surface area contributed by atoms with Gasteiger partial charge in [-0.05, 0) is 36.5 Å². The van der Waals surface area contributed by atoms with Gasteiger partial charge in [-0.1, -0.05) is 31.4 Å². The van der Waals surface area contributed by atoms with Gasteiger partial charge in [-0.25, -0.2) is 0 Å². The van der Waals surface area contributed by atoms with E-state index in [1.165, 1.54) is 25.7 Å². The summed E-state index contributed by atoms with van der Waals surface area (Å²) < 4.78 is 10.7. The van der Waals surface area contributed by atoms with Gasteiger partial charge in [0.2, 0.25) is 0 Å². The summed E-state index contributed by atoms with van der Waals surface area (Å²) in [6, 6.07) is 4.25. The zero-order valence-electron chi connectivity index (χ0n) is 13.7. The van der Waals surface area contributed by atoms with Crippen molar-refractivity contribution in [2.45, 2.75) is 45.2 Å². The molecule has 1 aliphatic rings. The number of hydrogen-bond donors (Lipinski definition) is 2. The molecule has 128 valence electrons. The predicted molar refractivity (Wildman–Crippen MR) is 91.0 cm³/mol. The molecular formula is C17H25ClN2O3. The lowest BCUT2D eigenvalue weighted by atomic mass is 9.86. The fourth-order valence-electron chi connectivity index (χ4n) is 3.03. The van der Waals surface area contributed by atoms with E-state index in [4.69, 9.17) is 26.8 Å². The van der Waals surface area contributed by atoms with Crippen molar-refractivity contribution in [3.05, 3.63) is 22.7 Å². The molecule has 2 atom stereocenters. The van der Waals surface area contributed by atoms with Crippen molar-refractivity contribution in [3.63, 3.8) is 0 Å². The quantitative estimate of drug-likeness (QED) is 0.800. The van der Waals surface area contributed by atoms with Gasteiger partial charge in [-0.3, -0.25) is 4.79 Å². The topological polar surface area (TPSA) is 73.6 Å². The number of halogens is 1. The summed E-state index contributed by atoms with van der Waals surface area (Å²) in [6.45, 7) is 2.79. The minimum atomic E-state index is -0.555. The molecule has 0 spiro atoms. The molecule has 1 amide bonds. The van der Waals surface area contributed by atoms with Crippen molar-refractivity contribution in [1.82, 2.24) is 5.32 Å². The molecule has 0 unspecified atom stereocenters. The number of amides is 1.